The molecule has 1 fully saturated rings. The topological polar surface area (TPSA) is 90.2 Å². The molecule has 6 nitrogen and oxygen atoms in total. The number of ketones is 1. The Bertz CT molecular complexity index is 2050. The van der Waals surface area contributed by atoms with Crippen molar-refractivity contribution in [2.45, 2.75) is 95.7 Å². The lowest BCUT2D eigenvalue weighted by Gasteiger charge is -2.46. The van der Waals surface area contributed by atoms with E-state index in [9.17, 15) is 20.1 Å². The van der Waals surface area contributed by atoms with Crippen molar-refractivity contribution in [3.63, 3.8) is 0 Å². The maximum absolute atomic E-state index is 14.6. The smallest absolute Gasteiger partial charge is 0.203 e. The molecule has 4 aromatic carbocycles. The number of ether oxygens (including phenoxy) is 1. The van der Waals surface area contributed by atoms with Gasteiger partial charge in [-0.05, 0) is 104 Å². The predicted molar refractivity (Wildman–Crippen MR) is 222 cm³/mol. The van der Waals surface area contributed by atoms with Gasteiger partial charge in [0.1, 0.15) is 0 Å². The highest BCUT2D eigenvalue weighted by Gasteiger charge is 2.57. The molecule has 0 spiro atoms. The number of thiophene rings is 1. The van der Waals surface area contributed by atoms with Crippen LogP contribution in [-0.4, -0.2) is 63.5 Å². The highest BCUT2D eigenvalue weighted by molar-refractivity contribution is 7.21. The molecule has 55 heavy (non-hydrogen) atoms. The maximum atomic E-state index is 14.6. The third kappa shape index (κ3) is 9.20. The molecule has 5 aromatic rings. The molecular formula is C48H55NO5S. The van der Waals surface area contributed by atoms with E-state index >= 15 is 0 Å². The van der Waals surface area contributed by atoms with Gasteiger partial charge in [0.25, 0.3) is 0 Å². The fourth-order valence-electron chi connectivity index (χ4n) is 9.06. The van der Waals surface area contributed by atoms with Crippen molar-refractivity contribution in [1.29, 1.82) is 0 Å². The van der Waals surface area contributed by atoms with Crippen LogP contribution < -0.4 is 0 Å². The number of hydrogen-bond donors (Lipinski definition) is 3. The zero-order valence-electron chi connectivity index (χ0n) is 32.2. The van der Waals surface area contributed by atoms with E-state index in [0.717, 1.165) is 58.0 Å². The van der Waals surface area contributed by atoms with Gasteiger partial charge in [-0.25, -0.2) is 0 Å². The Morgan fingerprint density at radius 2 is 1.65 bits per heavy atom. The number of fused-ring (bicyclic) bond motifs is 9. The third-order valence-electron chi connectivity index (χ3n) is 12.2. The fraction of sp³-hybridized carbons (Fsp3) is 0.396. The van der Waals surface area contributed by atoms with E-state index in [2.05, 4.69) is 55.2 Å². The predicted octanol–water partition coefficient (Wildman–Crippen LogP) is 9.25. The summed E-state index contributed by atoms with van der Waals surface area (Å²) in [5.41, 5.74) is 4.32. The van der Waals surface area contributed by atoms with Gasteiger partial charge in [-0.1, -0.05) is 110 Å². The first-order valence-electron chi connectivity index (χ1n) is 19.9. The van der Waals surface area contributed by atoms with Crippen LogP contribution in [0.3, 0.4) is 0 Å². The van der Waals surface area contributed by atoms with E-state index in [-0.39, 0.29) is 18.3 Å². The van der Waals surface area contributed by atoms with Crippen molar-refractivity contribution in [3.05, 3.63) is 154 Å². The Morgan fingerprint density at radius 3 is 2.42 bits per heavy atom. The normalized spacial score (nSPS) is 23.7. The minimum Gasteiger partial charge on any atom is -0.393 e. The molecule has 3 N–H and O–H groups in total. The third-order valence-corrected chi connectivity index (χ3v) is 13.3. The number of hydrogen-bond acceptors (Lipinski definition) is 7. The molecule has 1 saturated carbocycles. The summed E-state index contributed by atoms with van der Waals surface area (Å²) in [7, 11) is 0. The van der Waals surface area contributed by atoms with Crippen molar-refractivity contribution in [2.24, 2.45) is 5.41 Å². The zero-order chi connectivity index (χ0) is 38.4. The van der Waals surface area contributed by atoms with Crippen LogP contribution in [0.15, 0.2) is 121 Å². The van der Waals surface area contributed by atoms with Crippen LogP contribution in [0, 0.1) is 5.41 Å². The Hall–Kier alpha value is -3.95. The first kappa shape index (κ1) is 39.3. The molecule has 8 rings (SSSR count). The largest absolute Gasteiger partial charge is 0.393 e. The Morgan fingerprint density at radius 1 is 0.927 bits per heavy atom. The van der Waals surface area contributed by atoms with Crippen molar-refractivity contribution in [3.8, 4) is 0 Å². The molecule has 5 atom stereocenters. The van der Waals surface area contributed by atoms with Crippen LogP contribution >= 0.6 is 11.3 Å². The number of allylic oxidation sites excluding steroid dienone is 2. The molecule has 0 radical (unpaired) electrons. The molecule has 0 saturated heterocycles. The lowest BCUT2D eigenvalue weighted by atomic mass is 9.64. The molecule has 1 heterocycles. The van der Waals surface area contributed by atoms with Crippen LogP contribution in [0.2, 0.25) is 0 Å². The SMILES string of the molecule is CC1=CCC[C@@]2(C)[C@@H](CC[C@@]2(O)CN(Cc2ccccc2)C[C@@H](O)COCc2ccccc2)c2ccc(cc2C(=O)c2cc3ccccc3s2)C[C@@H](O)CC1. The number of carbonyl (C=O) groups is 1. The number of rotatable bonds is 12. The monoisotopic (exact) mass is 757 g/mol. The molecule has 3 aliphatic carbocycles. The van der Waals surface area contributed by atoms with Crippen LogP contribution in [0.4, 0.5) is 0 Å². The summed E-state index contributed by atoms with van der Waals surface area (Å²) in [4.78, 5) is 17.5. The lowest BCUT2D eigenvalue weighted by molar-refractivity contribution is -0.0923. The molecule has 3 aliphatic rings. The van der Waals surface area contributed by atoms with Gasteiger partial charge in [-0.3, -0.25) is 9.69 Å². The number of benzene rings is 4. The number of aliphatic hydroxyl groups excluding tert-OH is 2. The van der Waals surface area contributed by atoms with E-state index in [4.69, 9.17) is 4.74 Å². The van der Waals surface area contributed by atoms with E-state index in [1.807, 2.05) is 78.9 Å². The summed E-state index contributed by atoms with van der Waals surface area (Å²) in [6.07, 6.45) is 5.78. The number of nitrogens with zero attached hydrogens (tertiary/aromatic N) is 1. The lowest BCUT2D eigenvalue weighted by Crippen LogP contribution is -2.53. The highest BCUT2D eigenvalue weighted by Crippen LogP contribution is 2.59. The van der Waals surface area contributed by atoms with E-state index in [1.165, 1.54) is 16.9 Å². The Balaban J connectivity index is 1.22. The molecule has 0 unspecified atom stereocenters. The van der Waals surface area contributed by atoms with Gasteiger partial charge in [0.05, 0.1) is 35.9 Å². The first-order chi connectivity index (χ1) is 26.6. The maximum Gasteiger partial charge on any atom is 0.203 e. The van der Waals surface area contributed by atoms with Crippen LogP contribution in [0.1, 0.15) is 95.8 Å². The van der Waals surface area contributed by atoms with Gasteiger partial charge < -0.3 is 20.1 Å². The number of aliphatic hydroxyl groups is 3. The molecular weight excluding hydrogens is 703 g/mol. The summed E-state index contributed by atoms with van der Waals surface area (Å²) in [6, 6.07) is 36.5. The molecule has 288 valence electrons. The van der Waals surface area contributed by atoms with Gasteiger partial charge in [0.2, 0.25) is 5.78 Å². The van der Waals surface area contributed by atoms with E-state index in [0.29, 0.717) is 55.9 Å². The van der Waals surface area contributed by atoms with Crippen molar-refractivity contribution >= 4 is 27.2 Å². The van der Waals surface area contributed by atoms with Crippen LogP contribution in [0.5, 0.6) is 0 Å². The summed E-state index contributed by atoms with van der Waals surface area (Å²) in [5.74, 6) is -0.0864. The second kappa shape index (κ2) is 17.5. The van der Waals surface area contributed by atoms with Gasteiger partial charge >= 0.3 is 0 Å². The summed E-state index contributed by atoms with van der Waals surface area (Å²) in [5, 5.41) is 36.6. The quantitative estimate of drug-likeness (QED) is 0.0869. The van der Waals surface area contributed by atoms with Crippen molar-refractivity contribution in [1.82, 2.24) is 4.90 Å². The second-order valence-corrected chi connectivity index (χ2v) is 17.3. The summed E-state index contributed by atoms with van der Waals surface area (Å²) in [6.45, 7) is 6.27. The van der Waals surface area contributed by atoms with E-state index < -0.39 is 23.2 Å². The Kier molecular flexibility index (Phi) is 12.5. The molecule has 0 aliphatic heterocycles. The van der Waals surface area contributed by atoms with Gasteiger partial charge in [0.15, 0.2) is 0 Å². The number of carbonyl (C=O) groups excluding carboxylic acids is 1. The van der Waals surface area contributed by atoms with Gasteiger partial charge in [-0.15, -0.1) is 11.3 Å². The minimum atomic E-state index is -1.11. The Labute approximate surface area is 330 Å². The van der Waals surface area contributed by atoms with Gasteiger partial charge in [-0.2, -0.15) is 0 Å². The average molecular weight is 758 g/mol. The molecule has 0 amide bonds. The van der Waals surface area contributed by atoms with Crippen molar-refractivity contribution < 1.29 is 24.9 Å². The second-order valence-electron chi connectivity index (χ2n) is 16.2. The fourth-order valence-corrected chi connectivity index (χ4v) is 10.1. The highest BCUT2D eigenvalue weighted by atomic mass is 32.1. The summed E-state index contributed by atoms with van der Waals surface area (Å²) < 4.78 is 7.04. The molecule has 7 heteroatoms. The van der Waals surface area contributed by atoms with E-state index in [1.54, 1.807) is 0 Å². The zero-order valence-corrected chi connectivity index (χ0v) is 33.0. The first-order valence-corrected chi connectivity index (χ1v) is 20.7. The van der Waals surface area contributed by atoms with Crippen LogP contribution in [0.25, 0.3) is 10.1 Å². The van der Waals surface area contributed by atoms with Gasteiger partial charge in [0, 0.05) is 35.3 Å². The molecule has 2 bridgehead atoms. The van der Waals surface area contributed by atoms with Crippen LogP contribution in [-0.2, 0) is 24.3 Å². The minimum absolute atomic E-state index is 0.00232. The standard InChI is InChI=1S/C48H55NO5S/c1-34-12-11-24-47(2)43(41-22-20-37(26-39(50)21-19-34)27-42(41)46(52)45-28-38-17-9-10-18-44(38)55-45)23-25-48(47,53)33-49(29-35-13-5-3-6-14-35)30-40(51)32-54-31-36-15-7-4-8-16-36/h3-10,12-18,20,22,27-28,39-40,43,50-51,53H,11,19,21,23-26,29-33H2,1-2H3/t39-,40+,43-,47-,48+/m0/s1. The summed E-state index contributed by atoms with van der Waals surface area (Å²) >= 11 is 1.52. The van der Waals surface area contributed by atoms with Crippen molar-refractivity contribution in [2.75, 3.05) is 19.7 Å². The average Bonchev–Trinajstić information content (AvgIpc) is 3.72. The molecule has 1 aromatic heterocycles.